The van der Waals surface area contributed by atoms with Crippen LogP contribution in [0.4, 0.5) is 11.5 Å². The monoisotopic (exact) mass is 536 g/mol. The Morgan fingerprint density at radius 1 is 1.15 bits per heavy atom. The van der Waals surface area contributed by atoms with Crippen LogP contribution in [-0.2, 0) is 0 Å². The number of fused-ring (bicyclic) bond motifs is 1. The summed E-state index contributed by atoms with van der Waals surface area (Å²) in [4.78, 5) is 21.3. The van der Waals surface area contributed by atoms with Gasteiger partial charge < -0.3 is 16.0 Å². The summed E-state index contributed by atoms with van der Waals surface area (Å²) in [6.07, 6.45) is 6.03. The summed E-state index contributed by atoms with van der Waals surface area (Å²) >= 11 is 0. The quantitative estimate of drug-likeness (QED) is 0.312. The number of pyridine rings is 1. The Balaban J connectivity index is 0.00000205. The van der Waals surface area contributed by atoms with E-state index in [1.54, 1.807) is 0 Å². The molecule has 1 aromatic heterocycles. The molecule has 2 aliphatic heterocycles. The summed E-state index contributed by atoms with van der Waals surface area (Å²) < 4.78 is 2.29. The topological polar surface area (TPSA) is 73.7 Å². The number of hydrogen-bond acceptors (Lipinski definition) is 6. The van der Waals surface area contributed by atoms with E-state index in [0.29, 0.717) is 17.2 Å². The molecular weight excluding hydrogens is 484 g/mol. The number of nitrogens with one attached hydrogen (secondary N) is 3. The molecule has 7 heteroatoms. The second-order valence-electron chi connectivity index (χ2n) is 11.3. The van der Waals surface area contributed by atoms with Gasteiger partial charge in [0.05, 0.1) is 16.9 Å². The smallest absolute Gasteiger partial charge is 0.215 e. The van der Waals surface area contributed by atoms with Gasteiger partial charge in [0.1, 0.15) is 11.5 Å². The van der Waals surface area contributed by atoms with Gasteiger partial charge in [-0.3, -0.25) is 19.3 Å². The van der Waals surface area contributed by atoms with E-state index in [-0.39, 0.29) is 23.7 Å². The standard InChI is InChI=1S/C30H46N6O.C2H6/c1-7-16-35(17-10-11-20(2)3)30-32-19-24-28(37)26(33-23-14-15-31-18-23)27(21(4)5)36(29(24)34-30)25-13-9-8-12-22(25)6;1-2/h8-9,12-13,19-21,23,30-31,33-34H,7,10-11,14-18H2,1-6H3;1-2H3. The van der Waals surface area contributed by atoms with E-state index in [0.717, 1.165) is 62.6 Å². The number of hydrogen-bond donors (Lipinski definition) is 3. The number of benzene rings is 1. The second-order valence-corrected chi connectivity index (χ2v) is 11.3. The summed E-state index contributed by atoms with van der Waals surface area (Å²) in [7, 11) is 0. The van der Waals surface area contributed by atoms with Gasteiger partial charge in [-0.05, 0) is 62.6 Å². The number of aryl methyl sites for hydroxylation is 1. The molecule has 1 fully saturated rings. The lowest BCUT2D eigenvalue weighted by molar-refractivity contribution is 0.212. The average Bonchev–Trinajstić information content (AvgIpc) is 3.44. The lowest BCUT2D eigenvalue weighted by Crippen LogP contribution is -2.44. The highest BCUT2D eigenvalue weighted by Gasteiger charge is 2.30. The minimum Gasteiger partial charge on any atom is -0.376 e. The molecule has 0 amide bonds. The maximum atomic E-state index is 14.0. The zero-order valence-corrected chi connectivity index (χ0v) is 25.6. The Hall–Kier alpha value is -2.64. The summed E-state index contributed by atoms with van der Waals surface area (Å²) in [6.45, 7) is 21.1. The molecule has 0 saturated carbocycles. The average molecular weight is 537 g/mol. The van der Waals surface area contributed by atoms with Crippen molar-refractivity contribution >= 4 is 17.7 Å². The molecule has 0 bridgehead atoms. The number of anilines is 2. The third-order valence-electron chi connectivity index (χ3n) is 7.45. The summed E-state index contributed by atoms with van der Waals surface area (Å²) in [5.74, 6) is 1.68. The fourth-order valence-electron chi connectivity index (χ4n) is 5.54. The Bertz CT molecular complexity index is 1150. The first-order valence-corrected chi connectivity index (χ1v) is 15.2. The first-order chi connectivity index (χ1) is 18.8. The molecule has 7 nitrogen and oxygen atoms in total. The van der Waals surface area contributed by atoms with Crippen molar-refractivity contribution in [3.8, 4) is 5.69 Å². The van der Waals surface area contributed by atoms with E-state index in [2.05, 4.69) is 91.2 Å². The largest absolute Gasteiger partial charge is 0.376 e. The van der Waals surface area contributed by atoms with Crippen LogP contribution in [0, 0.1) is 12.8 Å². The van der Waals surface area contributed by atoms with E-state index in [9.17, 15) is 4.79 Å². The first kappa shape index (κ1) is 30.9. The van der Waals surface area contributed by atoms with Crippen LogP contribution in [-0.4, -0.2) is 54.2 Å². The second kappa shape index (κ2) is 14.7. The van der Waals surface area contributed by atoms with Crippen molar-refractivity contribution in [2.24, 2.45) is 10.9 Å². The van der Waals surface area contributed by atoms with Gasteiger partial charge in [-0.1, -0.05) is 66.7 Å². The number of para-hydroxylation sites is 1. The number of nitrogens with zero attached hydrogens (tertiary/aromatic N) is 3. The molecule has 216 valence electrons. The van der Waals surface area contributed by atoms with E-state index < -0.39 is 0 Å². The summed E-state index contributed by atoms with van der Waals surface area (Å²) in [5, 5.41) is 10.8. The van der Waals surface area contributed by atoms with Gasteiger partial charge in [0.25, 0.3) is 0 Å². The Labute approximate surface area is 236 Å². The van der Waals surface area contributed by atoms with Gasteiger partial charge in [-0.2, -0.15) is 0 Å². The van der Waals surface area contributed by atoms with Gasteiger partial charge >= 0.3 is 0 Å². The van der Waals surface area contributed by atoms with E-state index in [1.165, 1.54) is 12.0 Å². The maximum absolute atomic E-state index is 14.0. The summed E-state index contributed by atoms with van der Waals surface area (Å²) in [5.41, 5.74) is 4.67. The normalized spacial score (nSPS) is 18.2. The number of rotatable bonds is 11. The van der Waals surface area contributed by atoms with Crippen molar-refractivity contribution in [1.82, 2.24) is 14.8 Å². The van der Waals surface area contributed by atoms with Crippen molar-refractivity contribution < 1.29 is 0 Å². The van der Waals surface area contributed by atoms with E-state index in [1.807, 2.05) is 20.1 Å². The lowest BCUT2D eigenvalue weighted by Gasteiger charge is -2.35. The van der Waals surface area contributed by atoms with Crippen molar-refractivity contribution in [3.05, 3.63) is 51.3 Å². The first-order valence-electron chi connectivity index (χ1n) is 15.2. The van der Waals surface area contributed by atoms with Crippen LogP contribution < -0.4 is 21.4 Å². The van der Waals surface area contributed by atoms with E-state index in [4.69, 9.17) is 4.99 Å². The molecule has 0 radical (unpaired) electrons. The third-order valence-corrected chi connectivity index (χ3v) is 7.45. The molecule has 1 saturated heterocycles. The molecule has 1 aromatic carbocycles. The van der Waals surface area contributed by atoms with Crippen LogP contribution in [0.2, 0.25) is 0 Å². The molecule has 0 spiro atoms. The molecule has 3 heterocycles. The summed E-state index contributed by atoms with van der Waals surface area (Å²) in [6, 6.07) is 8.69. The SMILES string of the molecule is CC.CCCN(CCCC(C)C)C1N=Cc2c(n(-c3ccccc3C)c(C(C)C)c(NC3CCNC3)c2=O)N1. The molecule has 0 aliphatic carbocycles. The molecule has 2 unspecified atom stereocenters. The van der Waals surface area contributed by atoms with Crippen molar-refractivity contribution in [1.29, 1.82) is 0 Å². The molecule has 2 atom stereocenters. The maximum Gasteiger partial charge on any atom is 0.215 e. The minimum atomic E-state index is -0.188. The van der Waals surface area contributed by atoms with Crippen LogP contribution in [0.3, 0.4) is 0 Å². The number of aromatic nitrogens is 1. The number of aliphatic imine (C=N–C) groups is 1. The molecule has 2 aliphatic rings. The van der Waals surface area contributed by atoms with Gasteiger partial charge in [0.15, 0.2) is 6.29 Å². The van der Waals surface area contributed by atoms with Crippen molar-refractivity contribution in [3.63, 3.8) is 0 Å². The lowest BCUT2D eigenvalue weighted by atomic mass is 10.0. The van der Waals surface area contributed by atoms with E-state index >= 15 is 0 Å². The van der Waals surface area contributed by atoms with Gasteiger partial charge in [0, 0.05) is 31.9 Å². The molecular formula is C32H52N6O. The van der Waals surface area contributed by atoms with Crippen LogP contribution in [0.1, 0.15) is 96.9 Å². The fraction of sp³-hybridized carbons (Fsp3) is 0.625. The third kappa shape index (κ3) is 7.31. The van der Waals surface area contributed by atoms with Crippen LogP contribution in [0.25, 0.3) is 5.69 Å². The highest BCUT2D eigenvalue weighted by molar-refractivity contribution is 5.91. The zero-order chi connectivity index (χ0) is 28.5. The highest BCUT2D eigenvalue weighted by Crippen LogP contribution is 2.34. The van der Waals surface area contributed by atoms with Crippen molar-refractivity contribution in [2.75, 3.05) is 36.8 Å². The Morgan fingerprint density at radius 3 is 2.51 bits per heavy atom. The van der Waals surface area contributed by atoms with Crippen LogP contribution >= 0.6 is 0 Å². The van der Waals surface area contributed by atoms with Crippen molar-refractivity contribution in [2.45, 2.75) is 99.3 Å². The molecule has 4 rings (SSSR count). The van der Waals surface area contributed by atoms with Gasteiger partial charge in [0.2, 0.25) is 5.43 Å². The van der Waals surface area contributed by atoms with Gasteiger partial charge in [-0.15, -0.1) is 0 Å². The Morgan fingerprint density at radius 2 is 1.90 bits per heavy atom. The zero-order valence-electron chi connectivity index (χ0n) is 25.6. The van der Waals surface area contributed by atoms with Crippen LogP contribution in [0.5, 0.6) is 0 Å². The Kier molecular flexibility index (Phi) is 11.6. The molecule has 2 aromatic rings. The van der Waals surface area contributed by atoms with Crippen LogP contribution in [0.15, 0.2) is 34.1 Å². The molecule has 3 N–H and O–H groups in total. The molecule has 39 heavy (non-hydrogen) atoms. The highest BCUT2D eigenvalue weighted by atomic mass is 16.1. The van der Waals surface area contributed by atoms with Gasteiger partial charge in [-0.25, -0.2) is 0 Å². The predicted octanol–water partition coefficient (Wildman–Crippen LogP) is 6.35. The minimum absolute atomic E-state index is 0.0342. The fourth-order valence-corrected chi connectivity index (χ4v) is 5.54. The predicted molar refractivity (Wildman–Crippen MR) is 168 cm³/mol.